The number of carbonyl (C=O) groups excluding carboxylic acids is 2. The number of phosphoric ester groups is 1. The van der Waals surface area contributed by atoms with E-state index in [4.69, 9.17) is 24.3 Å². The summed E-state index contributed by atoms with van der Waals surface area (Å²) in [6.45, 7) is 3.63. The van der Waals surface area contributed by atoms with Gasteiger partial charge in [0.25, 0.3) is 0 Å². The Morgan fingerprint density at radius 2 is 1.02 bits per heavy atom. The summed E-state index contributed by atoms with van der Waals surface area (Å²) in [6.07, 6.45) is 41.3. The van der Waals surface area contributed by atoms with Crippen molar-refractivity contribution in [3.63, 3.8) is 0 Å². The number of phosphoric acid groups is 1. The van der Waals surface area contributed by atoms with Crippen LogP contribution in [0.2, 0.25) is 0 Å². The largest absolute Gasteiger partial charge is 0.472 e. The molecule has 10 heteroatoms. The van der Waals surface area contributed by atoms with Gasteiger partial charge in [0.1, 0.15) is 6.61 Å². The molecule has 0 bridgehead atoms. The Morgan fingerprint density at radius 1 is 0.588 bits per heavy atom. The maximum absolute atomic E-state index is 12.5. The predicted octanol–water partition coefficient (Wildman–Crippen LogP) is 11.2. The Labute approximate surface area is 311 Å². The van der Waals surface area contributed by atoms with Gasteiger partial charge in [-0.15, -0.1) is 0 Å². The van der Waals surface area contributed by atoms with Crippen LogP contribution in [0.3, 0.4) is 0 Å². The molecule has 0 aromatic carbocycles. The highest BCUT2D eigenvalue weighted by Gasteiger charge is 2.25. The van der Waals surface area contributed by atoms with Crippen molar-refractivity contribution in [3.05, 3.63) is 48.6 Å². The normalized spacial score (nSPS) is 13.9. The van der Waals surface area contributed by atoms with Gasteiger partial charge in [-0.1, -0.05) is 127 Å². The topological polar surface area (TPSA) is 134 Å². The van der Waals surface area contributed by atoms with Gasteiger partial charge in [-0.05, 0) is 77.0 Å². The quantitative estimate of drug-likeness (QED) is 0.0276. The highest BCUT2D eigenvalue weighted by atomic mass is 31.2. The molecule has 0 fully saturated rings. The second-order valence-electron chi connectivity index (χ2n) is 13.1. The Balaban J connectivity index is 4.26. The molecule has 0 aliphatic heterocycles. The SMILES string of the molecule is CCCCC/C=C/C/C=C/CCCCCCCC(=O)OC[C@H](COP(=O)(O)OCCN)OC(=O)CCCCCCC/C=C/C/C=C/CCCCC. The molecule has 0 saturated heterocycles. The van der Waals surface area contributed by atoms with Gasteiger partial charge >= 0.3 is 19.8 Å². The number of unbranched alkanes of at least 4 members (excludes halogenated alkanes) is 16. The lowest BCUT2D eigenvalue weighted by molar-refractivity contribution is -0.161. The van der Waals surface area contributed by atoms with Gasteiger partial charge in [-0.2, -0.15) is 0 Å². The van der Waals surface area contributed by atoms with Gasteiger partial charge in [0.2, 0.25) is 0 Å². The molecule has 51 heavy (non-hydrogen) atoms. The average molecular weight is 740 g/mol. The van der Waals surface area contributed by atoms with Crippen molar-refractivity contribution in [3.8, 4) is 0 Å². The molecule has 0 rings (SSSR count). The van der Waals surface area contributed by atoms with E-state index >= 15 is 0 Å². The van der Waals surface area contributed by atoms with Gasteiger partial charge in [0, 0.05) is 19.4 Å². The first-order valence-electron chi connectivity index (χ1n) is 20.1. The fourth-order valence-corrected chi connectivity index (χ4v) is 5.93. The number of esters is 2. The molecule has 0 aromatic heterocycles. The van der Waals surface area contributed by atoms with Crippen molar-refractivity contribution in [2.45, 2.75) is 174 Å². The van der Waals surface area contributed by atoms with Crippen LogP contribution < -0.4 is 5.73 Å². The fraction of sp³-hybridized carbons (Fsp3) is 0.756. The van der Waals surface area contributed by atoms with Crippen molar-refractivity contribution in [1.82, 2.24) is 0 Å². The molecule has 0 aromatic rings. The van der Waals surface area contributed by atoms with Gasteiger partial charge in [-0.3, -0.25) is 18.6 Å². The number of nitrogens with two attached hydrogens (primary N) is 1. The molecule has 0 amide bonds. The molecule has 0 heterocycles. The molecule has 0 radical (unpaired) electrons. The molecule has 2 atom stereocenters. The van der Waals surface area contributed by atoms with Crippen LogP contribution in [0.15, 0.2) is 48.6 Å². The number of hydrogen-bond acceptors (Lipinski definition) is 8. The molecular formula is C41H74NO8P. The van der Waals surface area contributed by atoms with E-state index in [-0.39, 0.29) is 32.6 Å². The smallest absolute Gasteiger partial charge is 0.462 e. The first kappa shape index (κ1) is 49.0. The van der Waals surface area contributed by atoms with Crippen molar-refractivity contribution < 1.29 is 37.6 Å². The van der Waals surface area contributed by atoms with E-state index in [9.17, 15) is 19.0 Å². The van der Waals surface area contributed by atoms with E-state index in [1.54, 1.807) is 0 Å². The van der Waals surface area contributed by atoms with Crippen molar-refractivity contribution in [1.29, 1.82) is 0 Å². The summed E-state index contributed by atoms with van der Waals surface area (Å²) in [6, 6.07) is 0. The minimum absolute atomic E-state index is 0.0473. The van der Waals surface area contributed by atoms with Crippen molar-refractivity contribution >= 4 is 19.8 Å². The number of rotatable bonds is 37. The molecule has 0 spiro atoms. The molecule has 296 valence electrons. The van der Waals surface area contributed by atoms with E-state index in [1.807, 2.05) is 0 Å². The zero-order chi connectivity index (χ0) is 37.5. The third-order valence-electron chi connectivity index (χ3n) is 8.19. The predicted molar refractivity (Wildman–Crippen MR) is 210 cm³/mol. The van der Waals surface area contributed by atoms with Crippen LogP contribution in [0.1, 0.15) is 168 Å². The van der Waals surface area contributed by atoms with Crippen LogP contribution in [-0.4, -0.2) is 49.3 Å². The Hall–Kier alpha value is -2.03. The minimum Gasteiger partial charge on any atom is -0.462 e. The number of carbonyl (C=O) groups is 2. The summed E-state index contributed by atoms with van der Waals surface area (Å²) in [5.41, 5.74) is 5.33. The van der Waals surface area contributed by atoms with Crippen molar-refractivity contribution in [2.24, 2.45) is 5.73 Å². The standard InChI is InChI=1S/C41H74NO8P/c1-3-5-7-9-11-13-15-17-19-21-23-25-27-29-31-33-40(43)47-37-39(38-49-51(45,46)48-36-35-42)50-41(44)34-32-30-28-26-24-22-20-18-16-14-12-10-8-6-4-2/h11-14,17-20,39H,3-10,15-16,21-38,42H2,1-2H3,(H,45,46)/b13-11+,14-12+,19-17+,20-18+/t39-/m1/s1. The van der Waals surface area contributed by atoms with E-state index in [1.165, 1.54) is 51.4 Å². The van der Waals surface area contributed by atoms with Crippen molar-refractivity contribution in [2.75, 3.05) is 26.4 Å². The van der Waals surface area contributed by atoms with Crippen LogP contribution in [0.5, 0.6) is 0 Å². The second kappa shape index (κ2) is 37.7. The monoisotopic (exact) mass is 740 g/mol. The van der Waals surface area contributed by atoms with Gasteiger partial charge in [0.05, 0.1) is 13.2 Å². The van der Waals surface area contributed by atoms with Crippen LogP contribution in [0.25, 0.3) is 0 Å². The Kier molecular flexibility index (Phi) is 36.2. The number of ether oxygens (including phenoxy) is 2. The fourth-order valence-electron chi connectivity index (χ4n) is 5.16. The van der Waals surface area contributed by atoms with E-state index in [0.29, 0.717) is 12.8 Å². The third-order valence-corrected chi connectivity index (χ3v) is 9.17. The van der Waals surface area contributed by atoms with E-state index < -0.39 is 32.5 Å². The lowest BCUT2D eigenvalue weighted by Gasteiger charge is -2.19. The molecular weight excluding hydrogens is 665 g/mol. The summed E-state index contributed by atoms with van der Waals surface area (Å²) in [7, 11) is -4.38. The second-order valence-corrected chi connectivity index (χ2v) is 14.6. The number of allylic oxidation sites excluding steroid dienone is 8. The Morgan fingerprint density at radius 3 is 1.49 bits per heavy atom. The van der Waals surface area contributed by atoms with E-state index in [2.05, 4.69) is 62.5 Å². The minimum atomic E-state index is -4.38. The highest BCUT2D eigenvalue weighted by Crippen LogP contribution is 2.43. The lowest BCUT2D eigenvalue weighted by atomic mass is 10.1. The molecule has 9 nitrogen and oxygen atoms in total. The molecule has 1 unspecified atom stereocenters. The van der Waals surface area contributed by atoms with Gasteiger partial charge in [-0.25, -0.2) is 4.57 Å². The summed E-state index contributed by atoms with van der Waals surface area (Å²) < 4.78 is 32.7. The Bertz CT molecular complexity index is 981. The molecule has 3 N–H and O–H groups in total. The van der Waals surface area contributed by atoms with Crippen LogP contribution in [0, 0.1) is 0 Å². The highest BCUT2D eigenvalue weighted by molar-refractivity contribution is 7.47. The van der Waals surface area contributed by atoms with Gasteiger partial charge < -0.3 is 20.1 Å². The lowest BCUT2D eigenvalue weighted by Crippen LogP contribution is -2.29. The summed E-state index contributed by atoms with van der Waals surface area (Å²) >= 11 is 0. The summed E-state index contributed by atoms with van der Waals surface area (Å²) in [5, 5.41) is 0. The molecule has 0 saturated carbocycles. The summed E-state index contributed by atoms with van der Waals surface area (Å²) in [5.74, 6) is -0.864. The first-order chi connectivity index (χ1) is 24.8. The maximum atomic E-state index is 12.5. The first-order valence-corrected chi connectivity index (χ1v) is 21.6. The average Bonchev–Trinajstić information content (AvgIpc) is 3.11. The van der Waals surface area contributed by atoms with Crippen LogP contribution >= 0.6 is 7.82 Å². The van der Waals surface area contributed by atoms with E-state index in [0.717, 1.165) is 77.0 Å². The zero-order valence-corrected chi connectivity index (χ0v) is 33.2. The molecule has 0 aliphatic rings. The summed E-state index contributed by atoms with van der Waals surface area (Å²) in [4.78, 5) is 34.8. The van der Waals surface area contributed by atoms with Crippen LogP contribution in [0.4, 0.5) is 0 Å². The molecule has 0 aliphatic carbocycles. The van der Waals surface area contributed by atoms with Gasteiger partial charge in [0.15, 0.2) is 6.10 Å². The maximum Gasteiger partial charge on any atom is 0.472 e. The van der Waals surface area contributed by atoms with Crippen LogP contribution in [-0.2, 0) is 32.7 Å². The number of hydrogen-bond donors (Lipinski definition) is 2. The zero-order valence-electron chi connectivity index (χ0n) is 32.3. The third kappa shape index (κ3) is 37.5.